The maximum atomic E-state index is 12.5. The fraction of sp³-hybridized carbons (Fsp3) is 0.773. The van der Waals surface area contributed by atoms with E-state index in [1.54, 1.807) is 6.08 Å². The van der Waals surface area contributed by atoms with E-state index in [1.807, 2.05) is 13.8 Å². The third kappa shape index (κ3) is 2.79. The van der Waals surface area contributed by atoms with Gasteiger partial charge in [-0.25, -0.2) is 9.86 Å². The van der Waals surface area contributed by atoms with Crippen LogP contribution in [0.4, 0.5) is 4.79 Å². The molecule has 6 N–H and O–H groups in total. The molecule has 4 aliphatic carbocycles. The predicted octanol–water partition coefficient (Wildman–Crippen LogP) is 0.530. The van der Waals surface area contributed by atoms with Crippen LogP contribution < -0.4 is 5.73 Å². The van der Waals surface area contributed by atoms with Crippen molar-refractivity contribution in [2.24, 2.45) is 34.3 Å². The predicted molar refractivity (Wildman–Crippen MR) is 108 cm³/mol. The van der Waals surface area contributed by atoms with Crippen molar-refractivity contribution in [3.63, 3.8) is 0 Å². The van der Waals surface area contributed by atoms with Gasteiger partial charge in [0.2, 0.25) is 0 Å². The van der Waals surface area contributed by atoms with Crippen molar-refractivity contribution >= 4 is 17.6 Å². The zero-order chi connectivity index (χ0) is 22.9. The fourth-order valence-electron chi connectivity index (χ4n) is 7.81. The highest BCUT2D eigenvalue weighted by molar-refractivity contribution is 5.93. The van der Waals surface area contributed by atoms with Crippen LogP contribution in [0.2, 0.25) is 0 Å². The first-order valence-electron chi connectivity index (χ1n) is 11.0. The summed E-state index contributed by atoms with van der Waals surface area (Å²) in [7, 11) is 0. The minimum atomic E-state index is -1.70. The molecule has 4 aliphatic rings. The van der Waals surface area contributed by atoms with Crippen LogP contribution in [0.3, 0.4) is 0 Å². The summed E-state index contributed by atoms with van der Waals surface area (Å²) in [5.74, 6) is -1.38. The summed E-state index contributed by atoms with van der Waals surface area (Å²) in [6.07, 6.45) is 2.70. The normalized spacial score (nSPS) is 46.5. The molecule has 0 bridgehead atoms. The van der Waals surface area contributed by atoms with Crippen molar-refractivity contribution in [1.29, 1.82) is 0 Å². The first-order chi connectivity index (χ1) is 14.4. The number of aliphatic hydroxyl groups is 3. The van der Waals surface area contributed by atoms with Crippen molar-refractivity contribution in [1.82, 2.24) is 5.06 Å². The first-order valence-corrected chi connectivity index (χ1v) is 11.0. The van der Waals surface area contributed by atoms with E-state index in [1.165, 1.54) is 0 Å². The number of amides is 2. The standard InChI is InChI=1S/C22H32N2O7/c1-20-9-15(27)18-13(14(20)5-6-22(20,30)17(28)10-25)4-3-11-7-12(26)8-16(21(11,18)2)24(31)19(23)29/h7,13-16,18,25,27,30-31H,3-6,8-10H2,1-2H3,(H2,23,29)/t13-,14-,15-,16?,18+,20-,21+,22-/m0/s1. The molecule has 3 saturated carbocycles. The van der Waals surface area contributed by atoms with Gasteiger partial charge in [0, 0.05) is 17.3 Å². The lowest BCUT2D eigenvalue weighted by molar-refractivity contribution is -0.199. The van der Waals surface area contributed by atoms with E-state index < -0.39 is 47.0 Å². The Bertz CT molecular complexity index is 859. The van der Waals surface area contributed by atoms with Crippen molar-refractivity contribution in [3.8, 4) is 0 Å². The van der Waals surface area contributed by atoms with Gasteiger partial charge in [-0.15, -0.1) is 0 Å². The molecule has 0 radical (unpaired) electrons. The Hall–Kier alpha value is -1.81. The van der Waals surface area contributed by atoms with Gasteiger partial charge in [-0.2, -0.15) is 0 Å². The molecule has 9 heteroatoms. The number of ketones is 2. The lowest BCUT2D eigenvalue weighted by Crippen LogP contribution is -2.66. The summed E-state index contributed by atoms with van der Waals surface area (Å²) in [5.41, 5.74) is 2.66. The number of rotatable bonds is 3. The van der Waals surface area contributed by atoms with Crippen LogP contribution in [0.25, 0.3) is 0 Å². The number of hydrogen-bond donors (Lipinski definition) is 5. The highest BCUT2D eigenvalue weighted by atomic mass is 16.5. The number of carbonyl (C=O) groups is 3. The molecule has 9 nitrogen and oxygen atoms in total. The Labute approximate surface area is 180 Å². The molecular formula is C22H32N2O7. The SMILES string of the molecule is C[C@]12C[C@H](O)[C@H]3[C@@H](CCC4=CC(=O)CC(N(O)C(N)=O)[C@@]43C)[C@@H]1CC[C@]2(O)C(=O)CO. The van der Waals surface area contributed by atoms with Crippen LogP contribution in [0, 0.1) is 28.6 Å². The largest absolute Gasteiger partial charge is 0.393 e. The Morgan fingerprint density at radius 2 is 1.97 bits per heavy atom. The van der Waals surface area contributed by atoms with Crippen molar-refractivity contribution in [2.45, 2.75) is 70.1 Å². The molecule has 172 valence electrons. The molecule has 3 fully saturated rings. The summed E-state index contributed by atoms with van der Waals surface area (Å²) in [4.78, 5) is 36.6. The van der Waals surface area contributed by atoms with Crippen LogP contribution in [0.1, 0.15) is 52.4 Å². The minimum Gasteiger partial charge on any atom is -0.393 e. The molecule has 0 spiro atoms. The Morgan fingerprint density at radius 1 is 1.29 bits per heavy atom. The molecule has 0 heterocycles. The van der Waals surface area contributed by atoms with Crippen LogP contribution >= 0.6 is 0 Å². The molecule has 2 amide bonds. The molecule has 0 aromatic carbocycles. The molecule has 1 unspecified atom stereocenters. The van der Waals surface area contributed by atoms with Crippen LogP contribution in [0.5, 0.6) is 0 Å². The summed E-state index contributed by atoms with van der Waals surface area (Å²) in [5, 5.41) is 43.0. The summed E-state index contributed by atoms with van der Waals surface area (Å²) in [6.45, 7) is 2.93. The van der Waals surface area contributed by atoms with Gasteiger partial charge >= 0.3 is 6.03 Å². The van der Waals surface area contributed by atoms with Gasteiger partial charge in [0.05, 0.1) is 12.1 Å². The molecule has 0 aromatic heterocycles. The maximum absolute atomic E-state index is 12.5. The van der Waals surface area contributed by atoms with Crippen LogP contribution in [-0.4, -0.2) is 67.5 Å². The van der Waals surface area contributed by atoms with Crippen LogP contribution in [0.15, 0.2) is 11.6 Å². The number of nitrogens with zero attached hydrogens (tertiary/aromatic N) is 1. The zero-order valence-electron chi connectivity index (χ0n) is 18.0. The number of carbonyl (C=O) groups excluding carboxylic acids is 3. The van der Waals surface area contributed by atoms with Crippen molar-refractivity contribution in [2.75, 3.05) is 6.61 Å². The van der Waals surface area contributed by atoms with Crippen LogP contribution in [-0.2, 0) is 9.59 Å². The van der Waals surface area contributed by atoms with Crippen molar-refractivity contribution < 1.29 is 34.9 Å². The number of primary amides is 1. The van der Waals surface area contributed by atoms with Crippen molar-refractivity contribution in [3.05, 3.63) is 11.6 Å². The molecule has 8 atom stereocenters. The second kappa shape index (κ2) is 7.10. The van der Waals surface area contributed by atoms with E-state index in [0.717, 1.165) is 5.57 Å². The molecule has 31 heavy (non-hydrogen) atoms. The third-order valence-electron chi connectivity index (χ3n) is 9.29. The number of urea groups is 1. The van der Waals surface area contributed by atoms with E-state index in [4.69, 9.17) is 5.73 Å². The van der Waals surface area contributed by atoms with Gasteiger partial charge in [0.1, 0.15) is 12.2 Å². The summed E-state index contributed by atoms with van der Waals surface area (Å²) in [6, 6.07) is -1.95. The van der Waals surface area contributed by atoms with E-state index in [-0.39, 0.29) is 42.8 Å². The van der Waals surface area contributed by atoms with E-state index >= 15 is 0 Å². The number of Topliss-reactive ketones (excluding diaryl/α,β-unsaturated/α-hetero) is 1. The van der Waals surface area contributed by atoms with E-state index in [2.05, 4.69) is 0 Å². The number of hydroxylamine groups is 2. The topological polar surface area (TPSA) is 161 Å². The van der Waals surface area contributed by atoms with Gasteiger partial charge in [0.15, 0.2) is 11.6 Å². The Balaban J connectivity index is 1.79. The highest BCUT2D eigenvalue weighted by Gasteiger charge is 2.69. The molecule has 0 aromatic rings. The highest BCUT2D eigenvalue weighted by Crippen LogP contribution is 2.67. The third-order valence-corrected chi connectivity index (χ3v) is 9.29. The molecular weight excluding hydrogens is 404 g/mol. The molecule has 0 saturated heterocycles. The fourth-order valence-corrected chi connectivity index (χ4v) is 7.81. The minimum absolute atomic E-state index is 0.0845. The number of aliphatic hydroxyl groups excluding tert-OH is 2. The number of nitrogens with two attached hydrogens (primary N) is 1. The van der Waals surface area contributed by atoms with Gasteiger partial charge < -0.3 is 21.1 Å². The number of hydrogen-bond acceptors (Lipinski definition) is 7. The lowest BCUT2D eigenvalue weighted by Gasteiger charge is -2.62. The molecule has 4 rings (SSSR count). The lowest BCUT2D eigenvalue weighted by atomic mass is 9.44. The average Bonchev–Trinajstić information content (AvgIpc) is 2.97. The Morgan fingerprint density at radius 3 is 2.58 bits per heavy atom. The van der Waals surface area contributed by atoms with E-state index in [0.29, 0.717) is 24.3 Å². The van der Waals surface area contributed by atoms with Gasteiger partial charge in [-0.05, 0) is 55.9 Å². The summed E-state index contributed by atoms with van der Waals surface area (Å²) < 4.78 is 0. The smallest absolute Gasteiger partial charge is 0.338 e. The molecule has 0 aliphatic heterocycles. The average molecular weight is 437 g/mol. The quantitative estimate of drug-likeness (QED) is 0.318. The van der Waals surface area contributed by atoms with Gasteiger partial charge in [-0.1, -0.05) is 19.4 Å². The summed E-state index contributed by atoms with van der Waals surface area (Å²) >= 11 is 0. The second-order valence-corrected chi connectivity index (χ2v) is 10.3. The van der Waals surface area contributed by atoms with Gasteiger partial charge in [-0.3, -0.25) is 14.8 Å². The zero-order valence-corrected chi connectivity index (χ0v) is 18.0. The van der Waals surface area contributed by atoms with Gasteiger partial charge in [0.25, 0.3) is 0 Å². The number of fused-ring (bicyclic) bond motifs is 5. The monoisotopic (exact) mass is 436 g/mol. The first kappa shape index (κ1) is 22.4. The Kier molecular flexibility index (Phi) is 5.13. The van der Waals surface area contributed by atoms with E-state index in [9.17, 15) is 34.9 Å². The second-order valence-electron chi connectivity index (χ2n) is 10.3. The maximum Gasteiger partial charge on any atom is 0.338 e.